The monoisotopic (exact) mass is 184 g/mol. The molecule has 0 radical (unpaired) electrons. The average Bonchev–Trinajstić information content (AvgIpc) is 2.04. The molecular formula is C11H20O2. The normalized spacial score (nSPS) is 12.6. The number of carbonyl (C=O) groups excluding carboxylic acids is 1. The number of esters is 1. The molecule has 0 saturated carbocycles. The van der Waals surface area contributed by atoms with Crippen LogP contribution < -0.4 is 0 Å². The third kappa shape index (κ3) is 5.45. The Labute approximate surface area is 81.0 Å². The van der Waals surface area contributed by atoms with Crippen LogP contribution in [0.3, 0.4) is 0 Å². The van der Waals surface area contributed by atoms with Crippen molar-refractivity contribution in [1.82, 2.24) is 0 Å². The fourth-order valence-corrected chi connectivity index (χ4v) is 1.14. The Morgan fingerprint density at radius 1 is 1.54 bits per heavy atom. The molecule has 1 atom stereocenters. The highest BCUT2D eigenvalue weighted by atomic mass is 16.5. The van der Waals surface area contributed by atoms with E-state index in [2.05, 4.69) is 6.58 Å². The van der Waals surface area contributed by atoms with Crippen molar-refractivity contribution in [2.45, 2.75) is 46.1 Å². The van der Waals surface area contributed by atoms with Gasteiger partial charge in [0.25, 0.3) is 0 Å². The zero-order chi connectivity index (χ0) is 10.3. The molecule has 0 aliphatic rings. The van der Waals surface area contributed by atoms with Gasteiger partial charge in [-0.05, 0) is 33.1 Å². The lowest BCUT2D eigenvalue weighted by Crippen LogP contribution is -2.20. The second-order valence-electron chi connectivity index (χ2n) is 3.46. The summed E-state index contributed by atoms with van der Waals surface area (Å²) < 4.78 is 5.13. The minimum atomic E-state index is -0.0700. The van der Waals surface area contributed by atoms with E-state index < -0.39 is 0 Å². The molecule has 13 heavy (non-hydrogen) atoms. The average molecular weight is 184 g/mol. The smallest absolute Gasteiger partial charge is 0.309 e. The fourth-order valence-electron chi connectivity index (χ4n) is 1.14. The topological polar surface area (TPSA) is 26.3 Å². The van der Waals surface area contributed by atoms with Crippen molar-refractivity contribution in [3.8, 4) is 0 Å². The van der Waals surface area contributed by atoms with Gasteiger partial charge in [-0.3, -0.25) is 4.79 Å². The Balaban J connectivity index is 3.91. The standard InChI is InChI=1S/C11H20O2/c1-5-7-8-10(6-2)11(12)13-9(3)4/h5,9-10H,1,6-8H2,2-4H3. The fraction of sp³-hybridized carbons (Fsp3) is 0.727. The van der Waals surface area contributed by atoms with Crippen LogP contribution >= 0.6 is 0 Å². The highest BCUT2D eigenvalue weighted by molar-refractivity contribution is 5.72. The van der Waals surface area contributed by atoms with E-state index in [1.807, 2.05) is 26.8 Å². The number of hydrogen-bond donors (Lipinski definition) is 0. The first-order valence-corrected chi connectivity index (χ1v) is 4.93. The highest BCUT2D eigenvalue weighted by Gasteiger charge is 2.17. The van der Waals surface area contributed by atoms with Crippen LogP contribution in [-0.2, 0) is 9.53 Å². The van der Waals surface area contributed by atoms with E-state index in [-0.39, 0.29) is 18.0 Å². The Morgan fingerprint density at radius 3 is 2.54 bits per heavy atom. The van der Waals surface area contributed by atoms with E-state index in [4.69, 9.17) is 4.74 Å². The summed E-state index contributed by atoms with van der Waals surface area (Å²) in [5.74, 6) is -0.0280. The van der Waals surface area contributed by atoms with E-state index in [0.717, 1.165) is 19.3 Å². The van der Waals surface area contributed by atoms with Crippen LogP contribution in [-0.4, -0.2) is 12.1 Å². The van der Waals surface area contributed by atoms with Crippen molar-refractivity contribution in [2.24, 2.45) is 5.92 Å². The minimum Gasteiger partial charge on any atom is -0.463 e. The Hall–Kier alpha value is -0.790. The molecule has 1 unspecified atom stereocenters. The molecule has 0 bridgehead atoms. The summed E-state index contributed by atoms with van der Waals surface area (Å²) in [7, 11) is 0. The minimum absolute atomic E-state index is 0.00900. The first kappa shape index (κ1) is 12.2. The third-order valence-electron chi connectivity index (χ3n) is 1.90. The molecule has 0 N–H and O–H groups in total. The summed E-state index contributed by atoms with van der Waals surface area (Å²) in [4.78, 5) is 11.4. The Bertz CT molecular complexity index is 161. The zero-order valence-electron chi connectivity index (χ0n) is 8.88. The van der Waals surface area contributed by atoms with Gasteiger partial charge in [0.1, 0.15) is 0 Å². The van der Waals surface area contributed by atoms with Crippen molar-refractivity contribution in [1.29, 1.82) is 0 Å². The van der Waals surface area contributed by atoms with Gasteiger partial charge in [0, 0.05) is 0 Å². The number of hydrogen-bond acceptors (Lipinski definition) is 2. The summed E-state index contributed by atoms with van der Waals surface area (Å²) in [5, 5.41) is 0. The van der Waals surface area contributed by atoms with Gasteiger partial charge in [0.15, 0.2) is 0 Å². The highest BCUT2D eigenvalue weighted by Crippen LogP contribution is 2.14. The summed E-state index contributed by atoms with van der Waals surface area (Å²) in [5.41, 5.74) is 0. The Morgan fingerprint density at radius 2 is 2.15 bits per heavy atom. The zero-order valence-corrected chi connectivity index (χ0v) is 8.88. The van der Waals surface area contributed by atoms with Gasteiger partial charge < -0.3 is 4.74 Å². The van der Waals surface area contributed by atoms with E-state index in [0.29, 0.717) is 0 Å². The van der Waals surface area contributed by atoms with Crippen molar-refractivity contribution in [3.63, 3.8) is 0 Å². The van der Waals surface area contributed by atoms with Gasteiger partial charge >= 0.3 is 5.97 Å². The van der Waals surface area contributed by atoms with Crippen LogP contribution in [0.1, 0.15) is 40.0 Å². The van der Waals surface area contributed by atoms with E-state index >= 15 is 0 Å². The van der Waals surface area contributed by atoms with Gasteiger partial charge in [-0.2, -0.15) is 0 Å². The molecule has 0 aliphatic carbocycles. The maximum absolute atomic E-state index is 11.4. The molecule has 0 aromatic rings. The molecule has 0 aromatic carbocycles. The molecule has 0 fully saturated rings. The van der Waals surface area contributed by atoms with Gasteiger partial charge in [0.05, 0.1) is 12.0 Å². The maximum Gasteiger partial charge on any atom is 0.309 e. The molecule has 0 rings (SSSR count). The maximum atomic E-state index is 11.4. The number of carbonyl (C=O) groups is 1. The summed E-state index contributed by atoms with van der Waals surface area (Å²) in [6.45, 7) is 9.39. The van der Waals surface area contributed by atoms with Crippen molar-refractivity contribution < 1.29 is 9.53 Å². The van der Waals surface area contributed by atoms with E-state index in [1.54, 1.807) is 0 Å². The lowest BCUT2D eigenvalue weighted by atomic mass is 10.0. The molecule has 0 saturated heterocycles. The summed E-state index contributed by atoms with van der Waals surface area (Å²) in [6, 6.07) is 0. The molecule has 2 nitrogen and oxygen atoms in total. The van der Waals surface area contributed by atoms with Gasteiger partial charge in [-0.15, -0.1) is 6.58 Å². The van der Waals surface area contributed by atoms with Crippen LogP contribution in [0.25, 0.3) is 0 Å². The lowest BCUT2D eigenvalue weighted by Gasteiger charge is -2.15. The number of ether oxygens (including phenoxy) is 1. The quantitative estimate of drug-likeness (QED) is 0.468. The van der Waals surface area contributed by atoms with E-state index in [1.165, 1.54) is 0 Å². The molecule has 0 heterocycles. The molecule has 2 heteroatoms. The Kier molecular flexibility index (Phi) is 6.29. The molecule has 0 aliphatic heterocycles. The van der Waals surface area contributed by atoms with Crippen LogP contribution in [0.5, 0.6) is 0 Å². The van der Waals surface area contributed by atoms with Crippen molar-refractivity contribution in [2.75, 3.05) is 0 Å². The van der Waals surface area contributed by atoms with Gasteiger partial charge in [0.2, 0.25) is 0 Å². The molecule has 0 amide bonds. The first-order valence-electron chi connectivity index (χ1n) is 4.93. The number of allylic oxidation sites excluding steroid dienone is 1. The van der Waals surface area contributed by atoms with Crippen LogP contribution in [0.2, 0.25) is 0 Å². The van der Waals surface area contributed by atoms with Gasteiger partial charge in [-0.1, -0.05) is 13.0 Å². The predicted octanol–water partition coefficient (Wildman–Crippen LogP) is 2.93. The van der Waals surface area contributed by atoms with Crippen molar-refractivity contribution >= 4 is 5.97 Å². The second kappa shape index (κ2) is 6.70. The van der Waals surface area contributed by atoms with Crippen LogP contribution in [0, 0.1) is 5.92 Å². The first-order chi connectivity index (χ1) is 6.11. The molecule has 0 spiro atoms. The van der Waals surface area contributed by atoms with Crippen molar-refractivity contribution in [3.05, 3.63) is 12.7 Å². The second-order valence-corrected chi connectivity index (χ2v) is 3.46. The largest absolute Gasteiger partial charge is 0.463 e. The predicted molar refractivity (Wildman–Crippen MR) is 54.4 cm³/mol. The summed E-state index contributed by atoms with van der Waals surface area (Å²) >= 11 is 0. The van der Waals surface area contributed by atoms with E-state index in [9.17, 15) is 4.79 Å². The van der Waals surface area contributed by atoms with Crippen LogP contribution in [0.15, 0.2) is 12.7 Å². The molecule has 76 valence electrons. The lowest BCUT2D eigenvalue weighted by molar-refractivity contribution is -0.152. The molecular weight excluding hydrogens is 164 g/mol. The SMILES string of the molecule is C=CCCC(CC)C(=O)OC(C)C. The third-order valence-corrected chi connectivity index (χ3v) is 1.90. The number of rotatable bonds is 6. The van der Waals surface area contributed by atoms with Crippen LogP contribution in [0.4, 0.5) is 0 Å². The summed E-state index contributed by atoms with van der Waals surface area (Å²) in [6.07, 6.45) is 4.41. The van der Waals surface area contributed by atoms with Gasteiger partial charge in [-0.25, -0.2) is 0 Å². The molecule has 0 aromatic heterocycles.